The lowest BCUT2D eigenvalue weighted by Gasteiger charge is -2.46. The van der Waals surface area contributed by atoms with Crippen LogP contribution < -0.4 is 0 Å². The summed E-state index contributed by atoms with van der Waals surface area (Å²) in [7, 11) is 1.43. The predicted octanol–water partition coefficient (Wildman–Crippen LogP) is 6.27. The molecule has 1 aromatic carbocycles. The molecule has 3 rings (SSSR count). The second kappa shape index (κ2) is 11.3. The number of Topliss-reactive ketones (excluding diaryl/α,β-unsaturated/α-hetero) is 1. The summed E-state index contributed by atoms with van der Waals surface area (Å²) in [4.78, 5) is 23.8. The van der Waals surface area contributed by atoms with E-state index in [4.69, 9.17) is 0 Å². The molecule has 2 saturated carbocycles. The molecule has 172 valence electrons. The van der Waals surface area contributed by atoms with Gasteiger partial charge in [0.25, 0.3) is 0 Å². The largest absolute Gasteiger partial charge is 0.469 e. The van der Waals surface area contributed by atoms with E-state index in [0.29, 0.717) is 18.6 Å². The third-order valence-corrected chi connectivity index (χ3v) is 7.81. The minimum absolute atomic E-state index is 0.0580. The molecule has 2 aliphatic carbocycles. The van der Waals surface area contributed by atoms with Crippen LogP contribution in [-0.2, 0) is 14.3 Å². The Morgan fingerprint density at radius 2 is 2.00 bits per heavy atom. The minimum atomic E-state index is -0.397. The van der Waals surface area contributed by atoms with E-state index in [9.17, 15) is 14.7 Å². The number of ether oxygens (including phenoxy) is 1. The third kappa shape index (κ3) is 5.77. The molecule has 31 heavy (non-hydrogen) atoms. The van der Waals surface area contributed by atoms with E-state index in [0.717, 1.165) is 69.8 Å². The third-order valence-electron chi connectivity index (χ3n) is 7.81. The van der Waals surface area contributed by atoms with Gasteiger partial charge in [0.1, 0.15) is 5.78 Å². The summed E-state index contributed by atoms with van der Waals surface area (Å²) in [5, 5.41) is 11.2. The van der Waals surface area contributed by atoms with Crippen molar-refractivity contribution in [1.29, 1.82) is 0 Å². The molecule has 4 heteroatoms. The molecule has 0 heterocycles. The average molecular weight is 429 g/mol. The molecule has 0 bridgehead atoms. The molecule has 0 radical (unpaired) electrons. The Morgan fingerprint density at radius 3 is 2.68 bits per heavy atom. The Kier molecular flexibility index (Phi) is 8.71. The molecule has 0 amide bonds. The molecule has 3 unspecified atom stereocenters. The number of carbonyl (C=O) groups is 2. The summed E-state index contributed by atoms with van der Waals surface area (Å²) in [6.45, 7) is 2.20. The number of esters is 1. The molecule has 4 nitrogen and oxygen atoms in total. The van der Waals surface area contributed by atoms with Gasteiger partial charge in [0.15, 0.2) is 0 Å². The fraction of sp³-hybridized carbons (Fsp3) is 0.704. The maximum absolute atomic E-state index is 12.6. The van der Waals surface area contributed by atoms with Crippen molar-refractivity contribution in [2.75, 3.05) is 7.11 Å². The molecule has 0 saturated heterocycles. The van der Waals surface area contributed by atoms with E-state index in [2.05, 4.69) is 35.9 Å². The molecule has 2 aliphatic rings. The highest BCUT2D eigenvalue weighted by Crippen LogP contribution is 2.53. The van der Waals surface area contributed by atoms with Gasteiger partial charge in [0.2, 0.25) is 0 Å². The SMILES string of the molecule is CCCC1(C(O)c2cccc(C3CCC(=O)C3CCCCCCC(=O)OC)c2)CCC1. The second-order valence-corrected chi connectivity index (χ2v) is 9.79. The number of unbranched alkanes of at least 4 members (excludes halogenated alkanes) is 3. The number of rotatable bonds is 12. The lowest BCUT2D eigenvalue weighted by Crippen LogP contribution is -2.36. The van der Waals surface area contributed by atoms with Crippen LogP contribution in [0.15, 0.2) is 24.3 Å². The highest BCUT2D eigenvalue weighted by molar-refractivity contribution is 5.84. The van der Waals surface area contributed by atoms with Gasteiger partial charge in [-0.1, -0.05) is 63.3 Å². The molecule has 0 aliphatic heterocycles. The van der Waals surface area contributed by atoms with Gasteiger partial charge >= 0.3 is 5.97 Å². The van der Waals surface area contributed by atoms with Crippen LogP contribution >= 0.6 is 0 Å². The van der Waals surface area contributed by atoms with E-state index in [-0.39, 0.29) is 23.2 Å². The first-order valence-corrected chi connectivity index (χ1v) is 12.4. The van der Waals surface area contributed by atoms with E-state index in [1.54, 1.807) is 0 Å². The van der Waals surface area contributed by atoms with E-state index < -0.39 is 6.10 Å². The maximum Gasteiger partial charge on any atom is 0.305 e. The summed E-state index contributed by atoms with van der Waals surface area (Å²) in [6, 6.07) is 8.47. The molecule has 1 aromatic rings. The van der Waals surface area contributed by atoms with Gasteiger partial charge < -0.3 is 9.84 Å². The maximum atomic E-state index is 12.6. The van der Waals surface area contributed by atoms with Gasteiger partial charge in [-0.15, -0.1) is 0 Å². The number of aliphatic hydroxyl groups excluding tert-OH is 1. The lowest BCUT2D eigenvalue weighted by atomic mass is 9.61. The second-order valence-electron chi connectivity index (χ2n) is 9.79. The highest BCUT2D eigenvalue weighted by atomic mass is 16.5. The molecular formula is C27H40O4. The topological polar surface area (TPSA) is 63.6 Å². The first-order chi connectivity index (χ1) is 15.0. The Hall–Kier alpha value is -1.68. The molecule has 1 N–H and O–H groups in total. The van der Waals surface area contributed by atoms with Crippen LogP contribution in [0.4, 0.5) is 0 Å². The molecular weight excluding hydrogens is 388 g/mol. The minimum Gasteiger partial charge on any atom is -0.469 e. The van der Waals surface area contributed by atoms with Crippen molar-refractivity contribution < 1.29 is 19.4 Å². The molecule has 0 spiro atoms. The van der Waals surface area contributed by atoms with Crippen molar-refractivity contribution >= 4 is 11.8 Å². The summed E-state index contributed by atoms with van der Waals surface area (Å²) >= 11 is 0. The Labute approximate surface area is 187 Å². The number of benzene rings is 1. The molecule has 3 atom stereocenters. The smallest absolute Gasteiger partial charge is 0.305 e. The fourth-order valence-electron chi connectivity index (χ4n) is 5.86. The highest BCUT2D eigenvalue weighted by Gasteiger charge is 2.43. The van der Waals surface area contributed by atoms with Crippen LogP contribution in [0, 0.1) is 11.3 Å². The number of methoxy groups -OCH3 is 1. The van der Waals surface area contributed by atoms with Gasteiger partial charge in [-0.05, 0) is 55.6 Å². The van der Waals surface area contributed by atoms with Crippen LogP contribution in [0.2, 0.25) is 0 Å². The van der Waals surface area contributed by atoms with Crippen molar-refractivity contribution in [3.8, 4) is 0 Å². The van der Waals surface area contributed by atoms with E-state index in [1.165, 1.54) is 19.1 Å². The number of carbonyl (C=O) groups excluding carboxylic acids is 2. The zero-order chi connectivity index (χ0) is 22.3. The van der Waals surface area contributed by atoms with Gasteiger partial charge in [-0.25, -0.2) is 0 Å². The predicted molar refractivity (Wildman–Crippen MR) is 123 cm³/mol. The monoisotopic (exact) mass is 428 g/mol. The first-order valence-electron chi connectivity index (χ1n) is 12.4. The lowest BCUT2D eigenvalue weighted by molar-refractivity contribution is -0.140. The van der Waals surface area contributed by atoms with Gasteiger partial charge in [0, 0.05) is 24.2 Å². The van der Waals surface area contributed by atoms with Crippen molar-refractivity contribution in [1.82, 2.24) is 0 Å². The van der Waals surface area contributed by atoms with E-state index in [1.807, 2.05) is 0 Å². The fourth-order valence-corrected chi connectivity index (χ4v) is 5.86. The Balaban J connectivity index is 1.59. The van der Waals surface area contributed by atoms with E-state index >= 15 is 0 Å². The standard InChI is InChI=1S/C27H40O4/c1-3-16-27(17-9-18-27)26(30)21-11-8-10-20(19-21)22-14-15-24(28)23(22)12-6-4-5-7-13-25(29)31-2/h8,10-11,19,22-23,26,30H,3-7,9,12-18H2,1-2H3. The zero-order valence-electron chi connectivity index (χ0n) is 19.4. The summed E-state index contributed by atoms with van der Waals surface area (Å²) in [5.74, 6) is 0.627. The first kappa shape index (κ1) is 24.0. The summed E-state index contributed by atoms with van der Waals surface area (Å²) < 4.78 is 4.69. The van der Waals surface area contributed by atoms with Gasteiger partial charge in [-0.2, -0.15) is 0 Å². The van der Waals surface area contributed by atoms with Crippen LogP contribution in [0.25, 0.3) is 0 Å². The summed E-state index contributed by atoms with van der Waals surface area (Å²) in [6.07, 6.45) is 12.2. The Morgan fingerprint density at radius 1 is 1.23 bits per heavy atom. The van der Waals surface area contributed by atoms with Crippen molar-refractivity contribution in [2.45, 2.75) is 102 Å². The van der Waals surface area contributed by atoms with Gasteiger partial charge in [0.05, 0.1) is 13.2 Å². The van der Waals surface area contributed by atoms with Crippen molar-refractivity contribution in [3.05, 3.63) is 35.4 Å². The Bertz CT molecular complexity index is 737. The van der Waals surface area contributed by atoms with Crippen molar-refractivity contribution in [2.24, 2.45) is 11.3 Å². The van der Waals surface area contributed by atoms with Gasteiger partial charge in [-0.3, -0.25) is 9.59 Å². The quantitative estimate of drug-likeness (QED) is 0.315. The zero-order valence-corrected chi connectivity index (χ0v) is 19.4. The van der Waals surface area contributed by atoms with Crippen LogP contribution in [0.3, 0.4) is 0 Å². The molecule has 2 fully saturated rings. The molecule has 0 aromatic heterocycles. The number of ketones is 1. The number of hydrogen-bond donors (Lipinski definition) is 1. The number of hydrogen-bond acceptors (Lipinski definition) is 4. The van der Waals surface area contributed by atoms with Crippen LogP contribution in [0.1, 0.15) is 114 Å². The normalized spacial score (nSPS) is 23.4. The van der Waals surface area contributed by atoms with Crippen LogP contribution in [0.5, 0.6) is 0 Å². The summed E-state index contributed by atoms with van der Waals surface area (Å²) in [5.41, 5.74) is 2.32. The average Bonchev–Trinajstić information content (AvgIpc) is 3.13. The van der Waals surface area contributed by atoms with Crippen molar-refractivity contribution in [3.63, 3.8) is 0 Å². The van der Waals surface area contributed by atoms with Crippen LogP contribution in [-0.4, -0.2) is 24.0 Å². The number of aliphatic hydroxyl groups is 1.